The van der Waals surface area contributed by atoms with Gasteiger partial charge in [0.1, 0.15) is 23.1 Å². The van der Waals surface area contributed by atoms with E-state index in [-0.39, 0.29) is 11.5 Å². The molecule has 7 heteroatoms. The van der Waals surface area contributed by atoms with Crippen LogP contribution >= 0.6 is 0 Å². The first kappa shape index (κ1) is 24.4. The van der Waals surface area contributed by atoms with Crippen LogP contribution in [0, 0.1) is 11.3 Å². The van der Waals surface area contributed by atoms with E-state index in [1.165, 1.54) is 6.08 Å². The second-order valence-electron chi connectivity index (χ2n) is 7.86. The van der Waals surface area contributed by atoms with Crippen molar-refractivity contribution >= 4 is 12.0 Å². The van der Waals surface area contributed by atoms with Crippen LogP contribution in [0.15, 0.2) is 84.3 Å². The molecule has 3 aromatic carbocycles. The van der Waals surface area contributed by atoms with Crippen LogP contribution < -0.4 is 24.7 Å². The Bertz CT molecular complexity index is 1360. The summed E-state index contributed by atoms with van der Waals surface area (Å²) in [5.41, 5.74) is 8.80. The highest BCUT2D eigenvalue weighted by Crippen LogP contribution is 2.45. The molecule has 1 unspecified atom stereocenters. The lowest BCUT2D eigenvalue weighted by Gasteiger charge is -2.27. The van der Waals surface area contributed by atoms with E-state index in [1.807, 2.05) is 62.4 Å². The molecule has 0 aliphatic carbocycles. The monoisotopic (exact) mass is 482 g/mol. The Hall–Kier alpha value is -4.70. The van der Waals surface area contributed by atoms with Crippen LogP contribution in [0.2, 0.25) is 0 Å². The van der Waals surface area contributed by atoms with E-state index in [2.05, 4.69) is 6.07 Å². The van der Waals surface area contributed by atoms with E-state index in [1.54, 1.807) is 24.3 Å². The Morgan fingerprint density at radius 3 is 2.50 bits per heavy atom. The third kappa shape index (κ3) is 5.34. The van der Waals surface area contributed by atoms with Gasteiger partial charge in [-0.3, -0.25) is 0 Å². The molecule has 1 atom stereocenters. The van der Waals surface area contributed by atoms with Gasteiger partial charge in [-0.1, -0.05) is 42.5 Å². The standard InChI is InChI=1S/C29H26N2O5/c1-3-33-24-14-11-20(16-26(24)34-4-2)28-22-13-12-21(17-25(22)36-29(31)23(28)18-30)35-27(32)15-10-19-8-6-5-7-9-19/h5-17,28H,3-4,31H2,1-2H3/b15-10+. The summed E-state index contributed by atoms with van der Waals surface area (Å²) in [6.07, 6.45) is 3.03. The number of fused-ring (bicyclic) bond motifs is 1. The first-order valence-electron chi connectivity index (χ1n) is 11.6. The maximum Gasteiger partial charge on any atom is 0.336 e. The van der Waals surface area contributed by atoms with Gasteiger partial charge in [-0.15, -0.1) is 0 Å². The number of carbonyl (C=O) groups excluding carboxylic acids is 1. The fourth-order valence-corrected chi connectivity index (χ4v) is 3.97. The zero-order valence-electron chi connectivity index (χ0n) is 20.1. The Morgan fingerprint density at radius 2 is 1.78 bits per heavy atom. The number of benzene rings is 3. The van der Waals surface area contributed by atoms with E-state index >= 15 is 0 Å². The molecule has 3 aromatic rings. The topological polar surface area (TPSA) is 104 Å². The molecule has 2 N–H and O–H groups in total. The average molecular weight is 483 g/mol. The average Bonchev–Trinajstić information content (AvgIpc) is 2.88. The summed E-state index contributed by atoms with van der Waals surface area (Å²) in [5, 5.41) is 9.86. The minimum absolute atomic E-state index is 0.00528. The number of rotatable bonds is 8. The molecule has 0 radical (unpaired) electrons. The molecule has 0 aromatic heterocycles. The number of nitrogens with zero attached hydrogens (tertiary/aromatic N) is 1. The number of allylic oxidation sites excluding steroid dienone is 1. The summed E-state index contributed by atoms with van der Waals surface area (Å²) in [6, 6.07) is 22.2. The molecular weight excluding hydrogens is 456 g/mol. The van der Waals surface area contributed by atoms with E-state index in [0.29, 0.717) is 41.8 Å². The molecule has 36 heavy (non-hydrogen) atoms. The first-order valence-corrected chi connectivity index (χ1v) is 11.6. The van der Waals surface area contributed by atoms with Crippen molar-refractivity contribution in [1.29, 1.82) is 5.26 Å². The molecule has 1 aliphatic heterocycles. The normalized spacial score (nSPS) is 14.5. The van der Waals surface area contributed by atoms with Crippen LogP contribution in [0.5, 0.6) is 23.0 Å². The van der Waals surface area contributed by atoms with Gasteiger partial charge in [0.2, 0.25) is 5.88 Å². The predicted molar refractivity (Wildman–Crippen MR) is 136 cm³/mol. The number of hydrogen-bond donors (Lipinski definition) is 1. The fourth-order valence-electron chi connectivity index (χ4n) is 3.97. The van der Waals surface area contributed by atoms with Gasteiger partial charge in [-0.2, -0.15) is 5.26 Å². The third-order valence-electron chi connectivity index (χ3n) is 5.52. The number of nitrogens with two attached hydrogens (primary N) is 1. The van der Waals surface area contributed by atoms with E-state index in [4.69, 9.17) is 24.7 Å². The summed E-state index contributed by atoms with van der Waals surface area (Å²) in [7, 11) is 0. The van der Waals surface area contributed by atoms with E-state index in [9.17, 15) is 10.1 Å². The lowest BCUT2D eigenvalue weighted by atomic mass is 9.83. The highest BCUT2D eigenvalue weighted by atomic mass is 16.5. The Morgan fingerprint density at radius 1 is 1.03 bits per heavy atom. The van der Waals surface area contributed by atoms with Gasteiger partial charge in [-0.25, -0.2) is 4.79 Å². The van der Waals surface area contributed by atoms with Crippen molar-refractivity contribution < 1.29 is 23.7 Å². The van der Waals surface area contributed by atoms with Crippen LogP contribution in [0.1, 0.15) is 36.5 Å². The maximum atomic E-state index is 12.3. The third-order valence-corrected chi connectivity index (χ3v) is 5.52. The van der Waals surface area contributed by atoms with E-state index in [0.717, 1.165) is 11.1 Å². The summed E-state index contributed by atoms with van der Waals surface area (Å²) in [4.78, 5) is 12.3. The number of esters is 1. The zero-order valence-corrected chi connectivity index (χ0v) is 20.1. The Balaban J connectivity index is 1.64. The van der Waals surface area contributed by atoms with Gasteiger partial charge < -0.3 is 24.7 Å². The van der Waals surface area contributed by atoms with Gasteiger partial charge in [0.05, 0.1) is 19.1 Å². The molecule has 0 fully saturated rings. The molecule has 0 amide bonds. The van der Waals surface area contributed by atoms with Crippen molar-refractivity contribution in [3.05, 3.63) is 101 Å². The Kier molecular flexibility index (Phi) is 7.57. The first-order chi connectivity index (χ1) is 17.5. The quantitative estimate of drug-likeness (QED) is 0.263. The second-order valence-corrected chi connectivity index (χ2v) is 7.86. The zero-order chi connectivity index (χ0) is 25.5. The van der Waals surface area contributed by atoms with Gasteiger partial charge in [-0.05, 0) is 49.2 Å². The highest BCUT2D eigenvalue weighted by molar-refractivity contribution is 5.88. The van der Waals surface area contributed by atoms with Gasteiger partial charge in [0.25, 0.3) is 0 Å². The van der Waals surface area contributed by atoms with Crippen LogP contribution in [0.25, 0.3) is 6.08 Å². The van der Waals surface area contributed by atoms with Gasteiger partial charge >= 0.3 is 5.97 Å². The van der Waals surface area contributed by atoms with Crippen molar-refractivity contribution in [2.75, 3.05) is 13.2 Å². The van der Waals surface area contributed by atoms with Crippen LogP contribution in [0.4, 0.5) is 0 Å². The minimum Gasteiger partial charge on any atom is -0.490 e. The smallest absolute Gasteiger partial charge is 0.336 e. The summed E-state index contributed by atoms with van der Waals surface area (Å²) in [5.74, 6) is 0.880. The van der Waals surface area contributed by atoms with Crippen LogP contribution in [0.3, 0.4) is 0 Å². The fraction of sp³-hybridized carbons (Fsp3) is 0.172. The molecule has 0 spiro atoms. The molecule has 1 heterocycles. The predicted octanol–water partition coefficient (Wildman–Crippen LogP) is 5.32. The van der Waals surface area contributed by atoms with Crippen molar-refractivity contribution in [2.24, 2.45) is 5.73 Å². The van der Waals surface area contributed by atoms with Gasteiger partial charge in [0, 0.05) is 17.7 Å². The molecule has 4 rings (SSSR count). The molecule has 0 saturated carbocycles. The maximum absolute atomic E-state index is 12.3. The lowest BCUT2D eigenvalue weighted by molar-refractivity contribution is -0.128. The number of carbonyl (C=O) groups is 1. The SMILES string of the molecule is CCOc1ccc(C2C(C#N)=C(N)Oc3cc(OC(=O)/C=C/c4ccccc4)ccc32)cc1OCC. The van der Waals surface area contributed by atoms with Crippen molar-refractivity contribution in [2.45, 2.75) is 19.8 Å². The second kappa shape index (κ2) is 11.2. The van der Waals surface area contributed by atoms with Crippen molar-refractivity contribution in [3.8, 4) is 29.1 Å². The van der Waals surface area contributed by atoms with Crippen molar-refractivity contribution in [3.63, 3.8) is 0 Å². The molecule has 7 nitrogen and oxygen atoms in total. The summed E-state index contributed by atoms with van der Waals surface area (Å²) < 4.78 is 22.7. The molecule has 182 valence electrons. The minimum atomic E-state index is -0.528. The molecule has 0 saturated heterocycles. The Labute approximate surface area is 210 Å². The molecule has 1 aliphatic rings. The van der Waals surface area contributed by atoms with Crippen LogP contribution in [-0.4, -0.2) is 19.2 Å². The number of nitriles is 1. The summed E-state index contributed by atoms with van der Waals surface area (Å²) in [6.45, 7) is 4.75. The largest absolute Gasteiger partial charge is 0.490 e. The molecule has 0 bridgehead atoms. The van der Waals surface area contributed by atoms with Crippen LogP contribution in [-0.2, 0) is 4.79 Å². The number of ether oxygens (including phenoxy) is 4. The highest BCUT2D eigenvalue weighted by Gasteiger charge is 2.31. The van der Waals surface area contributed by atoms with Gasteiger partial charge in [0.15, 0.2) is 11.5 Å². The summed E-state index contributed by atoms with van der Waals surface area (Å²) >= 11 is 0. The lowest BCUT2D eigenvalue weighted by Crippen LogP contribution is -2.21. The van der Waals surface area contributed by atoms with Crippen molar-refractivity contribution in [1.82, 2.24) is 0 Å². The van der Waals surface area contributed by atoms with E-state index < -0.39 is 11.9 Å². The number of hydrogen-bond acceptors (Lipinski definition) is 7. The molecular formula is C29H26N2O5.